The standard InChI is InChI=1S/C5H5BrOS/c6-5-1-4(3-8)2-7-5/h1-2,8H,3H2. The highest BCUT2D eigenvalue weighted by molar-refractivity contribution is 9.10. The van der Waals surface area contributed by atoms with Crippen LogP contribution < -0.4 is 0 Å². The first kappa shape index (κ1) is 6.23. The molecule has 8 heavy (non-hydrogen) atoms. The summed E-state index contributed by atoms with van der Waals surface area (Å²) in [4.78, 5) is 0. The summed E-state index contributed by atoms with van der Waals surface area (Å²) in [7, 11) is 0. The average Bonchev–Trinajstić information content (AvgIpc) is 2.14. The van der Waals surface area contributed by atoms with E-state index in [2.05, 4.69) is 28.6 Å². The number of thiol groups is 1. The molecular weight excluding hydrogens is 188 g/mol. The van der Waals surface area contributed by atoms with Crippen molar-refractivity contribution in [2.45, 2.75) is 5.75 Å². The molecule has 0 aliphatic rings. The van der Waals surface area contributed by atoms with Gasteiger partial charge < -0.3 is 4.42 Å². The maximum Gasteiger partial charge on any atom is 0.169 e. The van der Waals surface area contributed by atoms with E-state index < -0.39 is 0 Å². The zero-order valence-corrected chi connectivity index (χ0v) is 6.58. The highest BCUT2D eigenvalue weighted by Crippen LogP contribution is 2.14. The third-order valence-electron chi connectivity index (χ3n) is 0.804. The lowest BCUT2D eigenvalue weighted by molar-refractivity contribution is 0.539. The molecule has 1 nitrogen and oxygen atoms in total. The van der Waals surface area contributed by atoms with E-state index in [1.807, 2.05) is 6.07 Å². The van der Waals surface area contributed by atoms with E-state index in [-0.39, 0.29) is 0 Å². The van der Waals surface area contributed by atoms with Crippen molar-refractivity contribution < 1.29 is 4.42 Å². The van der Waals surface area contributed by atoms with Gasteiger partial charge in [-0.05, 0) is 22.0 Å². The minimum absolute atomic E-state index is 0.731. The van der Waals surface area contributed by atoms with E-state index in [4.69, 9.17) is 4.42 Å². The molecular formula is C5H5BrOS. The van der Waals surface area contributed by atoms with Crippen molar-refractivity contribution >= 4 is 28.6 Å². The molecule has 44 valence electrons. The van der Waals surface area contributed by atoms with Crippen molar-refractivity contribution in [1.82, 2.24) is 0 Å². The van der Waals surface area contributed by atoms with Gasteiger partial charge in [-0.1, -0.05) is 0 Å². The molecule has 0 aliphatic carbocycles. The van der Waals surface area contributed by atoms with Crippen LogP contribution in [0.25, 0.3) is 0 Å². The van der Waals surface area contributed by atoms with E-state index >= 15 is 0 Å². The van der Waals surface area contributed by atoms with Crippen LogP contribution in [-0.4, -0.2) is 0 Å². The van der Waals surface area contributed by atoms with Crippen molar-refractivity contribution in [3.63, 3.8) is 0 Å². The largest absolute Gasteiger partial charge is 0.457 e. The molecule has 0 aliphatic heterocycles. The molecule has 0 N–H and O–H groups in total. The maximum absolute atomic E-state index is 4.92. The maximum atomic E-state index is 4.92. The fraction of sp³-hybridized carbons (Fsp3) is 0.200. The molecule has 0 bridgehead atoms. The van der Waals surface area contributed by atoms with Crippen LogP contribution in [0.3, 0.4) is 0 Å². The molecule has 0 saturated heterocycles. The molecule has 0 saturated carbocycles. The van der Waals surface area contributed by atoms with Gasteiger partial charge in [0, 0.05) is 11.3 Å². The lowest BCUT2D eigenvalue weighted by Gasteiger charge is -1.76. The topological polar surface area (TPSA) is 13.1 Å². The van der Waals surface area contributed by atoms with E-state index in [0.29, 0.717) is 0 Å². The highest BCUT2D eigenvalue weighted by Gasteiger charge is 1.92. The summed E-state index contributed by atoms with van der Waals surface area (Å²) in [6, 6.07) is 1.90. The van der Waals surface area contributed by atoms with Crippen LogP contribution in [0.1, 0.15) is 5.56 Å². The fourth-order valence-electron chi connectivity index (χ4n) is 0.429. The van der Waals surface area contributed by atoms with Crippen LogP contribution in [0, 0.1) is 0 Å². The Bertz CT molecular complexity index is 173. The van der Waals surface area contributed by atoms with Crippen molar-refractivity contribution in [2.24, 2.45) is 0 Å². The SMILES string of the molecule is SCc1coc(Br)c1. The van der Waals surface area contributed by atoms with Gasteiger partial charge in [-0.25, -0.2) is 0 Å². The molecule has 0 radical (unpaired) electrons. The van der Waals surface area contributed by atoms with Gasteiger partial charge in [0.15, 0.2) is 4.67 Å². The Morgan fingerprint density at radius 2 is 2.50 bits per heavy atom. The van der Waals surface area contributed by atoms with E-state index in [0.717, 1.165) is 16.0 Å². The van der Waals surface area contributed by atoms with Gasteiger partial charge in [-0.15, -0.1) is 0 Å². The molecule has 1 heterocycles. The van der Waals surface area contributed by atoms with Crippen molar-refractivity contribution in [1.29, 1.82) is 0 Å². The second-order valence-corrected chi connectivity index (χ2v) is 2.51. The lowest BCUT2D eigenvalue weighted by Crippen LogP contribution is -1.63. The van der Waals surface area contributed by atoms with E-state index in [9.17, 15) is 0 Å². The number of hydrogen-bond donors (Lipinski definition) is 1. The molecule has 0 unspecified atom stereocenters. The number of hydrogen-bond acceptors (Lipinski definition) is 2. The quantitative estimate of drug-likeness (QED) is 0.676. The summed E-state index contributed by atoms with van der Waals surface area (Å²) in [5.41, 5.74) is 1.10. The van der Waals surface area contributed by atoms with Crippen molar-refractivity contribution in [2.75, 3.05) is 0 Å². The molecule has 0 fully saturated rings. The monoisotopic (exact) mass is 192 g/mol. The summed E-state index contributed by atoms with van der Waals surface area (Å²) in [5.74, 6) is 0.731. The Morgan fingerprint density at radius 1 is 1.75 bits per heavy atom. The average molecular weight is 193 g/mol. The number of halogens is 1. The van der Waals surface area contributed by atoms with Gasteiger partial charge >= 0.3 is 0 Å². The minimum atomic E-state index is 0.731. The van der Waals surface area contributed by atoms with Gasteiger partial charge in [0.05, 0.1) is 6.26 Å². The summed E-state index contributed by atoms with van der Waals surface area (Å²) in [5, 5.41) is 0. The predicted octanol–water partition coefficient (Wildman–Crippen LogP) is 2.47. The predicted molar refractivity (Wildman–Crippen MR) is 39.1 cm³/mol. The second-order valence-electron chi connectivity index (χ2n) is 1.42. The Balaban J connectivity index is 2.84. The Labute approximate surface area is 61.6 Å². The lowest BCUT2D eigenvalue weighted by atomic mass is 10.4. The number of rotatable bonds is 1. The molecule has 0 aromatic carbocycles. The van der Waals surface area contributed by atoms with E-state index in [1.54, 1.807) is 6.26 Å². The molecule has 1 aromatic heterocycles. The molecule has 1 aromatic rings. The van der Waals surface area contributed by atoms with Crippen LogP contribution in [0.2, 0.25) is 0 Å². The van der Waals surface area contributed by atoms with Crippen LogP contribution >= 0.6 is 28.6 Å². The van der Waals surface area contributed by atoms with Gasteiger partial charge in [0.25, 0.3) is 0 Å². The Kier molecular flexibility index (Phi) is 2.02. The second kappa shape index (κ2) is 2.60. The van der Waals surface area contributed by atoms with Gasteiger partial charge in [-0.2, -0.15) is 12.6 Å². The Morgan fingerprint density at radius 3 is 2.75 bits per heavy atom. The first-order valence-corrected chi connectivity index (χ1v) is 3.59. The molecule has 0 spiro atoms. The van der Waals surface area contributed by atoms with Gasteiger partial charge in [0.2, 0.25) is 0 Å². The molecule has 3 heteroatoms. The number of furan rings is 1. The molecule has 0 atom stereocenters. The first-order valence-electron chi connectivity index (χ1n) is 2.16. The van der Waals surface area contributed by atoms with Crippen LogP contribution in [0.5, 0.6) is 0 Å². The summed E-state index contributed by atoms with van der Waals surface area (Å²) in [6.07, 6.45) is 1.68. The third-order valence-corrected chi connectivity index (χ3v) is 1.59. The zero-order valence-electron chi connectivity index (χ0n) is 4.10. The van der Waals surface area contributed by atoms with Gasteiger partial charge in [0.1, 0.15) is 0 Å². The van der Waals surface area contributed by atoms with Gasteiger partial charge in [-0.3, -0.25) is 0 Å². The summed E-state index contributed by atoms with van der Waals surface area (Å²) in [6.45, 7) is 0. The normalized spacial score (nSPS) is 9.75. The smallest absolute Gasteiger partial charge is 0.169 e. The third kappa shape index (κ3) is 1.29. The summed E-state index contributed by atoms with van der Waals surface area (Å²) < 4.78 is 5.69. The highest BCUT2D eigenvalue weighted by atomic mass is 79.9. The Hall–Kier alpha value is 0.110. The van der Waals surface area contributed by atoms with Crippen LogP contribution in [0.15, 0.2) is 21.4 Å². The summed E-state index contributed by atoms with van der Waals surface area (Å²) >= 11 is 7.21. The van der Waals surface area contributed by atoms with E-state index in [1.165, 1.54) is 0 Å². The van der Waals surface area contributed by atoms with Crippen LogP contribution in [0.4, 0.5) is 0 Å². The zero-order chi connectivity index (χ0) is 5.98. The molecule has 0 amide bonds. The van der Waals surface area contributed by atoms with Crippen LogP contribution in [-0.2, 0) is 5.75 Å². The molecule has 1 rings (SSSR count). The minimum Gasteiger partial charge on any atom is -0.457 e. The van der Waals surface area contributed by atoms with Crippen molar-refractivity contribution in [3.05, 3.63) is 22.6 Å². The fourth-order valence-corrected chi connectivity index (χ4v) is 0.982. The van der Waals surface area contributed by atoms with Crippen molar-refractivity contribution in [3.8, 4) is 0 Å². The first-order chi connectivity index (χ1) is 3.83.